The lowest BCUT2D eigenvalue weighted by Crippen LogP contribution is -2.11. The third-order valence-electron chi connectivity index (χ3n) is 2.78. The molecule has 1 aliphatic rings. The van der Waals surface area contributed by atoms with E-state index in [0.29, 0.717) is 25.0 Å². The number of rotatable bonds is 2. The van der Waals surface area contributed by atoms with E-state index in [1.807, 2.05) is 0 Å². The van der Waals surface area contributed by atoms with E-state index in [4.69, 9.17) is 11.6 Å². The van der Waals surface area contributed by atoms with Crippen LogP contribution in [0.5, 0.6) is 0 Å². The van der Waals surface area contributed by atoms with Crippen LogP contribution < -0.4 is 5.32 Å². The van der Waals surface area contributed by atoms with Crippen molar-refractivity contribution in [1.82, 2.24) is 0 Å². The molecule has 0 aliphatic heterocycles. The largest absolute Gasteiger partial charge is 0.417 e. The molecule has 0 bridgehead atoms. The molecule has 0 atom stereocenters. The van der Waals surface area contributed by atoms with Crippen molar-refractivity contribution in [3.8, 4) is 0 Å². The van der Waals surface area contributed by atoms with Crippen LogP contribution in [0.2, 0.25) is 5.02 Å². The first-order chi connectivity index (χ1) is 8.86. The van der Waals surface area contributed by atoms with E-state index in [0.717, 1.165) is 6.07 Å². The van der Waals surface area contributed by atoms with E-state index in [-0.39, 0.29) is 16.5 Å². The zero-order valence-corrected chi connectivity index (χ0v) is 10.6. The summed E-state index contributed by atoms with van der Waals surface area (Å²) in [5.74, 6) is -0.0150. The molecule has 1 aliphatic carbocycles. The van der Waals surface area contributed by atoms with Crippen molar-refractivity contribution in [2.45, 2.75) is 25.4 Å². The lowest BCUT2D eigenvalue weighted by Gasteiger charge is -2.16. The summed E-state index contributed by atoms with van der Waals surface area (Å²) in [6.45, 7) is 0. The van der Waals surface area contributed by atoms with E-state index in [2.05, 4.69) is 5.32 Å². The van der Waals surface area contributed by atoms with E-state index in [1.54, 1.807) is 0 Å². The Kier molecular flexibility index (Phi) is 3.85. The Labute approximate surface area is 113 Å². The zero-order chi connectivity index (χ0) is 14.0. The number of hydrogen-bond acceptors (Lipinski definition) is 2. The van der Waals surface area contributed by atoms with Gasteiger partial charge >= 0.3 is 6.18 Å². The van der Waals surface area contributed by atoms with Gasteiger partial charge in [0.2, 0.25) is 0 Å². The second-order valence-corrected chi connectivity index (χ2v) is 4.71. The van der Waals surface area contributed by atoms with Crippen LogP contribution in [0.25, 0.3) is 0 Å². The van der Waals surface area contributed by atoms with Crippen LogP contribution in [0.3, 0.4) is 0 Å². The fourth-order valence-electron chi connectivity index (χ4n) is 1.90. The van der Waals surface area contributed by atoms with Crippen molar-refractivity contribution in [2.24, 2.45) is 0 Å². The minimum absolute atomic E-state index is 0.0150. The Balaban J connectivity index is 2.25. The number of alkyl halides is 3. The maximum atomic E-state index is 12.7. The summed E-state index contributed by atoms with van der Waals surface area (Å²) in [5.41, 5.74) is 0.0197. The standard InChI is InChI=1S/C13H11ClF3NO/c14-12-5-4-9(7-11(12)13(15,16)17)18-8-2-1-3-10(19)6-8/h4-7,18H,1-3H2. The smallest absolute Gasteiger partial charge is 0.359 e. The topological polar surface area (TPSA) is 29.1 Å². The minimum atomic E-state index is -4.49. The van der Waals surface area contributed by atoms with Crippen molar-refractivity contribution in [3.63, 3.8) is 0 Å². The predicted octanol–water partition coefficient (Wildman–Crippen LogP) is 4.41. The summed E-state index contributed by atoms with van der Waals surface area (Å²) in [6.07, 6.45) is -1.22. The number of carbonyl (C=O) groups is 1. The SMILES string of the molecule is O=C1C=C(Nc2ccc(Cl)c(C(F)(F)F)c2)CCC1. The molecule has 102 valence electrons. The number of benzene rings is 1. The molecule has 2 nitrogen and oxygen atoms in total. The van der Waals surface area contributed by atoms with Crippen molar-refractivity contribution in [1.29, 1.82) is 0 Å². The quantitative estimate of drug-likeness (QED) is 0.874. The maximum Gasteiger partial charge on any atom is 0.417 e. The van der Waals surface area contributed by atoms with Gasteiger partial charge in [-0.1, -0.05) is 11.6 Å². The van der Waals surface area contributed by atoms with E-state index < -0.39 is 11.7 Å². The van der Waals surface area contributed by atoms with E-state index in [1.165, 1.54) is 18.2 Å². The third-order valence-corrected chi connectivity index (χ3v) is 3.11. The van der Waals surface area contributed by atoms with Gasteiger partial charge in [0, 0.05) is 23.9 Å². The van der Waals surface area contributed by atoms with Gasteiger partial charge in [-0.2, -0.15) is 13.2 Å². The molecule has 0 radical (unpaired) electrons. The van der Waals surface area contributed by atoms with E-state index >= 15 is 0 Å². The summed E-state index contributed by atoms with van der Waals surface area (Å²) >= 11 is 5.53. The van der Waals surface area contributed by atoms with Gasteiger partial charge in [-0.05, 0) is 31.0 Å². The van der Waals surface area contributed by atoms with Gasteiger partial charge in [-0.3, -0.25) is 4.79 Å². The second kappa shape index (κ2) is 5.25. The molecule has 1 aromatic carbocycles. The lowest BCUT2D eigenvalue weighted by molar-refractivity contribution is -0.137. The Bertz CT molecular complexity index is 537. The Morgan fingerprint density at radius 3 is 2.58 bits per heavy atom. The third kappa shape index (κ3) is 3.50. The predicted molar refractivity (Wildman–Crippen MR) is 67.0 cm³/mol. The molecular weight excluding hydrogens is 279 g/mol. The van der Waals surface area contributed by atoms with Crippen LogP contribution in [-0.2, 0) is 11.0 Å². The molecule has 0 spiro atoms. The first-order valence-corrected chi connectivity index (χ1v) is 6.11. The molecule has 19 heavy (non-hydrogen) atoms. The highest BCUT2D eigenvalue weighted by molar-refractivity contribution is 6.31. The molecule has 1 N–H and O–H groups in total. The monoisotopic (exact) mass is 289 g/mol. The van der Waals surface area contributed by atoms with Crippen LogP contribution in [0, 0.1) is 0 Å². The highest BCUT2D eigenvalue weighted by Crippen LogP contribution is 2.36. The van der Waals surface area contributed by atoms with Gasteiger partial charge in [-0.25, -0.2) is 0 Å². The Morgan fingerprint density at radius 1 is 1.21 bits per heavy atom. The molecule has 1 aromatic rings. The van der Waals surface area contributed by atoms with Gasteiger partial charge in [0.15, 0.2) is 5.78 Å². The highest BCUT2D eigenvalue weighted by atomic mass is 35.5. The van der Waals surface area contributed by atoms with Gasteiger partial charge in [0.1, 0.15) is 0 Å². The normalized spacial score (nSPS) is 16.2. The number of hydrogen-bond donors (Lipinski definition) is 1. The average Bonchev–Trinajstić information content (AvgIpc) is 2.30. The Morgan fingerprint density at radius 2 is 1.95 bits per heavy atom. The van der Waals surface area contributed by atoms with Gasteiger partial charge in [-0.15, -0.1) is 0 Å². The molecule has 0 amide bonds. The number of nitrogens with one attached hydrogen (secondary N) is 1. The Hall–Kier alpha value is -1.49. The molecule has 0 saturated heterocycles. The maximum absolute atomic E-state index is 12.7. The summed E-state index contributed by atoms with van der Waals surface area (Å²) < 4.78 is 38.1. The van der Waals surface area contributed by atoms with Crippen LogP contribution in [0.1, 0.15) is 24.8 Å². The van der Waals surface area contributed by atoms with Crippen molar-refractivity contribution in [2.75, 3.05) is 5.32 Å². The molecular formula is C13H11ClF3NO. The first-order valence-electron chi connectivity index (χ1n) is 5.73. The van der Waals surface area contributed by atoms with Gasteiger partial charge < -0.3 is 5.32 Å². The number of anilines is 1. The van der Waals surface area contributed by atoms with Gasteiger partial charge in [0.25, 0.3) is 0 Å². The molecule has 6 heteroatoms. The summed E-state index contributed by atoms with van der Waals surface area (Å²) in [5, 5.41) is 2.49. The molecule has 0 heterocycles. The number of ketones is 1. The van der Waals surface area contributed by atoms with Crippen molar-refractivity contribution < 1.29 is 18.0 Å². The summed E-state index contributed by atoms with van der Waals surface area (Å²) in [4.78, 5) is 11.2. The molecule has 2 rings (SSSR count). The first kappa shape index (κ1) is 13.9. The van der Waals surface area contributed by atoms with E-state index in [9.17, 15) is 18.0 Å². The van der Waals surface area contributed by atoms with Crippen LogP contribution in [-0.4, -0.2) is 5.78 Å². The molecule has 0 saturated carbocycles. The fourth-order valence-corrected chi connectivity index (χ4v) is 2.12. The number of allylic oxidation sites excluding steroid dienone is 2. The fraction of sp³-hybridized carbons (Fsp3) is 0.308. The minimum Gasteiger partial charge on any atom is -0.359 e. The van der Waals surface area contributed by atoms with Crippen molar-refractivity contribution in [3.05, 3.63) is 40.6 Å². The van der Waals surface area contributed by atoms with Crippen molar-refractivity contribution >= 4 is 23.1 Å². The van der Waals surface area contributed by atoms with Crippen LogP contribution in [0.4, 0.5) is 18.9 Å². The van der Waals surface area contributed by atoms with Crippen LogP contribution >= 0.6 is 11.6 Å². The van der Waals surface area contributed by atoms with Gasteiger partial charge in [0.05, 0.1) is 10.6 Å². The number of halogens is 4. The molecule has 0 aromatic heterocycles. The number of carbonyl (C=O) groups excluding carboxylic acids is 1. The lowest BCUT2D eigenvalue weighted by atomic mass is 10.0. The summed E-state index contributed by atoms with van der Waals surface area (Å²) in [6, 6.07) is 3.59. The second-order valence-electron chi connectivity index (χ2n) is 4.31. The molecule has 0 fully saturated rings. The zero-order valence-electron chi connectivity index (χ0n) is 9.85. The molecule has 0 unspecified atom stereocenters. The summed E-state index contributed by atoms with van der Waals surface area (Å²) in [7, 11) is 0. The van der Waals surface area contributed by atoms with Crippen LogP contribution in [0.15, 0.2) is 30.0 Å². The highest BCUT2D eigenvalue weighted by Gasteiger charge is 2.33. The average molecular weight is 290 g/mol.